The van der Waals surface area contributed by atoms with Gasteiger partial charge in [-0.3, -0.25) is 4.90 Å². The first-order valence-electron chi connectivity index (χ1n) is 10.5. The summed E-state index contributed by atoms with van der Waals surface area (Å²) in [5.41, 5.74) is 2.45. The minimum Gasteiger partial charge on any atom is -0.363 e. The number of hydrogen-bond acceptors (Lipinski definition) is 4. The molecule has 1 fully saturated rings. The van der Waals surface area contributed by atoms with E-state index in [4.69, 9.17) is 16.3 Å². The highest BCUT2D eigenvalue weighted by Crippen LogP contribution is 2.52. The predicted octanol–water partition coefficient (Wildman–Crippen LogP) is 5.96. The number of aromatic nitrogens is 2. The molecule has 2 aliphatic heterocycles. The molecule has 0 radical (unpaired) electrons. The van der Waals surface area contributed by atoms with E-state index in [0.717, 1.165) is 16.8 Å². The molecule has 0 saturated carbocycles. The fraction of sp³-hybridized carbons (Fsp3) is 0.435. The van der Waals surface area contributed by atoms with Crippen molar-refractivity contribution in [3.8, 4) is 5.69 Å². The summed E-state index contributed by atoms with van der Waals surface area (Å²) in [6.07, 6.45) is 3.11. The molecule has 2 aliphatic rings. The Bertz CT molecular complexity index is 1150. The molecule has 170 valence electrons. The molecule has 32 heavy (non-hydrogen) atoms. The third kappa shape index (κ3) is 3.67. The van der Waals surface area contributed by atoms with Gasteiger partial charge < -0.3 is 4.74 Å². The summed E-state index contributed by atoms with van der Waals surface area (Å²) in [6, 6.07) is 6.37. The first-order valence-corrected chi connectivity index (χ1v) is 11.7. The maximum absolute atomic E-state index is 14.4. The Morgan fingerprint density at radius 3 is 2.69 bits per heavy atom. The second-order valence-electron chi connectivity index (χ2n) is 8.65. The summed E-state index contributed by atoms with van der Waals surface area (Å²) >= 11 is 7.29. The number of aryl methyl sites for hydroxylation is 2. The zero-order valence-corrected chi connectivity index (χ0v) is 19.4. The van der Waals surface area contributed by atoms with E-state index >= 15 is 0 Å². The van der Waals surface area contributed by atoms with Crippen molar-refractivity contribution in [2.45, 2.75) is 44.8 Å². The Balaban J connectivity index is 1.33. The van der Waals surface area contributed by atoms with E-state index in [9.17, 15) is 13.2 Å². The van der Waals surface area contributed by atoms with E-state index in [1.165, 1.54) is 23.5 Å². The Labute approximate surface area is 193 Å². The lowest BCUT2D eigenvalue weighted by atomic mass is 9.84. The van der Waals surface area contributed by atoms with Crippen LogP contribution in [-0.4, -0.2) is 34.4 Å². The molecule has 5 rings (SSSR count). The lowest BCUT2D eigenvalue weighted by Crippen LogP contribution is -2.48. The molecule has 4 nitrogen and oxygen atoms in total. The maximum atomic E-state index is 14.4. The molecule has 0 atom stereocenters. The van der Waals surface area contributed by atoms with Crippen molar-refractivity contribution in [1.29, 1.82) is 0 Å². The van der Waals surface area contributed by atoms with Crippen molar-refractivity contribution in [2.24, 2.45) is 0 Å². The van der Waals surface area contributed by atoms with Crippen LogP contribution >= 0.6 is 22.9 Å². The monoisotopic (exact) mass is 481 g/mol. The van der Waals surface area contributed by atoms with Crippen LogP contribution in [0.5, 0.6) is 0 Å². The van der Waals surface area contributed by atoms with Crippen LogP contribution in [0, 0.1) is 19.7 Å². The third-order valence-electron chi connectivity index (χ3n) is 6.52. The highest BCUT2D eigenvalue weighted by molar-refractivity contribution is 7.16. The molecule has 0 aliphatic carbocycles. The molecule has 0 bridgehead atoms. The van der Waals surface area contributed by atoms with Gasteiger partial charge in [0.15, 0.2) is 0 Å². The van der Waals surface area contributed by atoms with Gasteiger partial charge >= 0.3 is 0 Å². The number of hydrogen-bond donors (Lipinski definition) is 0. The van der Waals surface area contributed by atoms with E-state index in [1.54, 1.807) is 10.7 Å². The molecule has 3 aromatic rings. The number of likely N-dealkylation sites (tertiary alicyclic amines) is 1. The number of para-hydroxylation sites is 1. The highest BCUT2D eigenvalue weighted by Gasteiger charge is 2.51. The van der Waals surface area contributed by atoms with Crippen molar-refractivity contribution < 1.29 is 17.9 Å². The van der Waals surface area contributed by atoms with E-state index in [2.05, 4.69) is 10.00 Å². The summed E-state index contributed by atoms with van der Waals surface area (Å²) in [5, 5.41) is 4.53. The van der Waals surface area contributed by atoms with E-state index in [-0.39, 0.29) is 11.4 Å². The van der Waals surface area contributed by atoms with Gasteiger partial charge in [0.25, 0.3) is 5.92 Å². The van der Waals surface area contributed by atoms with Crippen molar-refractivity contribution in [1.82, 2.24) is 14.7 Å². The molecule has 0 N–H and O–H groups in total. The number of thiophene rings is 1. The normalized spacial score (nSPS) is 19.9. The van der Waals surface area contributed by atoms with Crippen molar-refractivity contribution in [3.05, 3.63) is 67.9 Å². The molecule has 1 saturated heterocycles. The Morgan fingerprint density at radius 2 is 1.97 bits per heavy atom. The Hall–Kier alpha value is -1.87. The third-order valence-corrected chi connectivity index (χ3v) is 7.96. The van der Waals surface area contributed by atoms with Gasteiger partial charge in [-0.05, 0) is 44.4 Å². The second kappa shape index (κ2) is 7.87. The molecular formula is C23H23ClF3N3OS. The summed E-state index contributed by atoms with van der Waals surface area (Å²) in [7, 11) is 0. The van der Waals surface area contributed by atoms with Gasteiger partial charge in [-0.1, -0.05) is 23.7 Å². The van der Waals surface area contributed by atoms with E-state index in [1.807, 2.05) is 26.1 Å². The van der Waals surface area contributed by atoms with Crippen LogP contribution < -0.4 is 0 Å². The molecule has 0 amide bonds. The smallest absolute Gasteiger partial charge is 0.297 e. The molecule has 4 heterocycles. The number of fused-ring (bicyclic) bond motifs is 2. The fourth-order valence-electron chi connectivity index (χ4n) is 4.71. The van der Waals surface area contributed by atoms with Gasteiger partial charge in [0.1, 0.15) is 23.7 Å². The van der Waals surface area contributed by atoms with Crippen molar-refractivity contribution in [2.75, 3.05) is 19.7 Å². The van der Waals surface area contributed by atoms with Crippen LogP contribution in [0.3, 0.4) is 0 Å². The molecular weight excluding hydrogens is 459 g/mol. The SMILES string of the molecule is Cc1cccc(F)c1-n1cc(CN2CCC3(CC2)OCC(F)(F)c2cc(Cl)sc23)c(C)n1. The van der Waals surface area contributed by atoms with Crippen LogP contribution in [0.1, 0.15) is 40.1 Å². The van der Waals surface area contributed by atoms with Gasteiger partial charge in [-0.15, -0.1) is 11.3 Å². The molecule has 2 aromatic heterocycles. The summed E-state index contributed by atoms with van der Waals surface area (Å²) < 4.78 is 50.8. The van der Waals surface area contributed by atoms with Crippen LogP contribution in [0.4, 0.5) is 13.2 Å². The van der Waals surface area contributed by atoms with E-state index in [0.29, 0.717) is 47.4 Å². The van der Waals surface area contributed by atoms with Crippen LogP contribution in [0.2, 0.25) is 4.34 Å². The summed E-state index contributed by atoms with van der Waals surface area (Å²) in [6.45, 7) is 5.22. The van der Waals surface area contributed by atoms with E-state index < -0.39 is 18.1 Å². The fourth-order valence-corrected chi connectivity index (χ4v) is 6.19. The number of benzene rings is 1. The standard InChI is InChI=1S/C23H23ClF3N3OS/c1-14-4-3-5-18(25)20(14)30-12-16(15(2)28-30)11-29-8-6-22(7-9-29)21-17(10-19(24)32-21)23(26,27)13-31-22/h3-5,10,12H,6-9,11,13H2,1-2H3. The number of nitrogens with zero attached hydrogens (tertiary/aromatic N) is 3. The Kier molecular flexibility index (Phi) is 5.40. The predicted molar refractivity (Wildman–Crippen MR) is 118 cm³/mol. The first-order chi connectivity index (χ1) is 15.2. The summed E-state index contributed by atoms with van der Waals surface area (Å²) in [5.74, 6) is -3.31. The van der Waals surface area contributed by atoms with Crippen molar-refractivity contribution >= 4 is 22.9 Å². The quantitative estimate of drug-likeness (QED) is 0.462. The second-order valence-corrected chi connectivity index (χ2v) is 10.3. The lowest BCUT2D eigenvalue weighted by molar-refractivity contribution is -0.182. The average molecular weight is 482 g/mol. The number of rotatable bonds is 3. The van der Waals surface area contributed by atoms with Gasteiger partial charge in [0, 0.05) is 41.8 Å². The minimum atomic E-state index is -3.00. The maximum Gasteiger partial charge on any atom is 0.297 e. The molecule has 1 aromatic carbocycles. The van der Waals surface area contributed by atoms with Gasteiger partial charge in [-0.2, -0.15) is 13.9 Å². The molecule has 9 heteroatoms. The molecule has 0 unspecified atom stereocenters. The number of halogens is 4. The minimum absolute atomic E-state index is 0.0181. The number of piperidine rings is 1. The Morgan fingerprint density at radius 1 is 1.22 bits per heavy atom. The topological polar surface area (TPSA) is 30.3 Å². The zero-order valence-electron chi connectivity index (χ0n) is 17.8. The lowest BCUT2D eigenvalue weighted by Gasteiger charge is -2.45. The molecule has 1 spiro atoms. The summed E-state index contributed by atoms with van der Waals surface area (Å²) in [4.78, 5) is 2.83. The van der Waals surface area contributed by atoms with Crippen molar-refractivity contribution in [3.63, 3.8) is 0 Å². The van der Waals surface area contributed by atoms with Crippen LogP contribution in [0.25, 0.3) is 5.69 Å². The van der Waals surface area contributed by atoms with Crippen LogP contribution in [-0.2, 0) is 22.8 Å². The average Bonchev–Trinajstić information content (AvgIpc) is 3.31. The largest absolute Gasteiger partial charge is 0.363 e. The van der Waals surface area contributed by atoms with Crippen LogP contribution in [0.15, 0.2) is 30.5 Å². The highest BCUT2D eigenvalue weighted by atomic mass is 35.5. The van der Waals surface area contributed by atoms with Gasteiger partial charge in [-0.25, -0.2) is 9.07 Å². The zero-order chi connectivity index (χ0) is 22.7. The van der Waals surface area contributed by atoms with Gasteiger partial charge in [0.2, 0.25) is 0 Å². The van der Waals surface area contributed by atoms with Gasteiger partial charge in [0.05, 0.1) is 10.0 Å². The number of ether oxygens (including phenoxy) is 1. The number of alkyl halides is 2. The first kappa shape index (κ1) is 21.9.